The van der Waals surface area contributed by atoms with Crippen molar-refractivity contribution in [2.24, 2.45) is 5.41 Å². The molecule has 0 aliphatic carbocycles. The Morgan fingerprint density at radius 1 is 1.57 bits per heavy atom. The van der Waals surface area contributed by atoms with Gasteiger partial charge in [-0.05, 0) is 18.6 Å². The van der Waals surface area contributed by atoms with Gasteiger partial charge in [-0.3, -0.25) is 0 Å². The molecule has 1 saturated heterocycles. The first kappa shape index (κ1) is 9.74. The van der Waals surface area contributed by atoms with Crippen LogP contribution in [0.5, 0.6) is 0 Å². The average Bonchev–Trinajstić information content (AvgIpc) is 2.64. The molecule has 0 saturated carbocycles. The molecule has 1 atom stereocenters. The monoisotopic (exact) mass is 196 g/mol. The zero-order valence-corrected chi connectivity index (χ0v) is 8.40. The molecule has 1 aromatic rings. The van der Waals surface area contributed by atoms with Crippen LogP contribution in [0.15, 0.2) is 22.8 Å². The van der Waals surface area contributed by atoms with Gasteiger partial charge in [0.1, 0.15) is 5.76 Å². The molecule has 3 nitrogen and oxygen atoms in total. The standard InChI is InChI=1S/C11H16O3/c1-11(7-13-8-11)5-9(6-12)10-3-2-4-14-10/h2-4,9,12H,5-8H2,1H3. The summed E-state index contributed by atoms with van der Waals surface area (Å²) in [5.41, 5.74) is 0.222. The molecule has 0 amide bonds. The lowest BCUT2D eigenvalue weighted by Gasteiger charge is -2.39. The molecule has 1 N–H and O–H groups in total. The SMILES string of the molecule is CC1(CC(CO)c2ccco2)COC1. The van der Waals surface area contributed by atoms with E-state index in [-0.39, 0.29) is 17.9 Å². The highest BCUT2D eigenvalue weighted by Crippen LogP contribution is 2.37. The molecule has 3 heteroatoms. The number of aliphatic hydroxyl groups excluding tert-OH is 1. The molecule has 1 unspecified atom stereocenters. The molecule has 1 aliphatic heterocycles. The van der Waals surface area contributed by atoms with Crippen LogP contribution < -0.4 is 0 Å². The number of rotatable bonds is 4. The average molecular weight is 196 g/mol. The summed E-state index contributed by atoms with van der Waals surface area (Å²) < 4.78 is 10.5. The third kappa shape index (κ3) is 1.83. The van der Waals surface area contributed by atoms with Gasteiger partial charge in [-0.1, -0.05) is 6.92 Å². The van der Waals surface area contributed by atoms with Crippen LogP contribution in [0.3, 0.4) is 0 Å². The van der Waals surface area contributed by atoms with Gasteiger partial charge in [0.05, 0.1) is 26.1 Å². The topological polar surface area (TPSA) is 42.6 Å². The van der Waals surface area contributed by atoms with E-state index in [2.05, 4.69) is 6.92 Å². The highest BCUT2D eigenvalue weighted by atomic mass is 16.5. The lowest BCUT2D eigenvalue weighted by molar-refractivity contribution is -0.111. The van der Waals surface area contributed by atoms with Crippen LogP contribution in [-0.2, 0) is 4.74 Å². The quantitative estimate of drug-likeness (QED) is 0.798. The maximum absolute atomic E-state index is 9.28. The van der Waals surface area contributed by atoms with E-state index >= 15 is 0 Å². The molecule has 1 aliphatic rings. The Hall–Kier alpha value is -0.800. The van der Waals surface area contributed by atoms with Crippen molar-refractivity contribution >= 4 is 0 Å². The molecule has 14 heavy (non-hydrogen) atoms. The van der Waals surface area contributed by atoms with Crippen LogP contribution in [0.4, 0.5) is 0 Å². The van der Waals surface area contributed by atoms with E-state index in [1.807, 2.05) is 12.1 Å². The number of hydrogen-bond acceptors (Lipinski definition) is 3. The minimum Gasteiger partial charge on any atom is -0.469 e. The van der Waals surface area contributed by atoms with Gasteiger partial charge in [0.25, 0.3) is 0 Å². The van der Waals surface area contributed by atoms with E-state index in [0.29, 0.717) is 0 Å². The van der Waals surface area contributed by atoms with E-state index in [0.717, 1.165) is 25.4 Å². The van der Waals surface area contributed by atoms with E-state index < -0.39 is 0 Å². The van der Waals surface area contributed by atoms with Crippen LogP contribution in [0.25, 0.3) is 0 Å². The maximum atomic E-state index is 9.28. The molecule has 2 rings (SSSR count). The predicted molar refractivity (Wildman–Crippen MR) is 52.1 cm³/mol. The second-order valence-corrected chi connectivity index (χ2v) is 4.40. The van der Waals surface area contributed by atoms with Crippen LogP contribution in [0.1, 0.15) is 25.0 Å². The maximum Gasteiger partial charge on any atom is 0.109 e. The van der Waals surface area contributed by atoms with Gasteiger partial charge in [0.2, 0.25) is 0 Å². The van der Waals surface area contributed by atoms with E-state index in [1.54, 1.807) is 6.26 Å². The normalized spacial score (nSPS) is 21.6. The van der Waals surface area contributed by atoms with Gasteiger partial charge < -0.3 is 14.3 Å². The Morgan fingerprint density at radius 2 is 2.36 bits per heavy atom. The summed E-state index contributed by atoms with van der Waals surface area (Å²) in [5, 5.41) is 9.28. The van der Waals surface area contributed by atoms with Crippen molar-refractivity contribution in [3.8, 4) is 0 Å². The Bertz CT molecular complexity index is 275. The van der Waals surface area contributed by atoms with Crippen LogP contribution in [-0.4, -0.2) is 24.9 Å². The van der Waals surface area contributed by atoms with Gasteiger partial charge in [-0.15, -0.1) is 0 Å². The van der Waals surface area contributed by atoms with Gasteiger partial charge >= 0.3 is 0 Å². The van der Waals surface area contributed by atoms with E-state index in [9.17, 15) is 5.11 Å². The summed E-state index contributed by atoms with van der Waals surface area (Å²) in [5.74, 6) is 0.986. The molecule has 0 spiro atoms. The summed E-state index contributed by atoms with van der Waals surface area (Å²) >= 11 is 0. The zero-order chi connectivity index (χ0) is 10.0. The summed E-state index contributed by atoms with van der Waals surface area (Å²) in [4.78, 5) is 0. The van der Waals surface area contributed by atoms with Crippen molar-refractivity contribution in [1.82, 2.24) is 0 Å². The van der Waals surface area contributed by atoms with Crippen molar-refractivity contribution in [1.29, 1.82) is 0 Å². The summed E-state index contributed by atoms with van der Waals surface area (Å²) in [6.07, 6.45) is 2.58. The van der Waals surface area contributed by atoms with E-state index in [4.69, 9.17) is 9.15 Å². The number of aliphatic hydroxyl groups is 1. The first-order chi connectivity index (χ1) is 6.73. The third-order valence-electron chi connectivity index (χ3n) is 2.81. The van der Waals surface area contributed by atoms with Crippen molar-refractivity contribution in [3.05, 3.63) is 24.2 Å². The van der Waals surface area contributed by atoms with Gasteiger partial charge in [-0.2, -0.15) is 0 Å². The van der Waals surface area contributed by atoms with Gasteiger partial charge in [-0.25, -0.2) is 0 Å². The smallest absolute Gasteiger partial charge is 0.109 e. The van der Waals surface area contributed by atoms with Crippen molar-refractivity contribution in [2.75, 3.05) is 19.8 Å². The second kappa shape index (κ2) is 3.75. The Labute approximate surface area is 83.7 Å². The fraction of sp³-hybridized carbons (Fsp3) is 0.636. The predicted octanol–water partition coefficient (Wildman–Crippen LogP) is 1.78. The van der Waals surface area contributed by atoms with Crippen LogP contribution >= 0.6 is 0 Å². The molecular weight excluding hydrogens is 180 g/mol. The Kier molecular flexibility index (Phi) is 2.61. The zero-order valence-electron chi connectivity index (χ0n) is 8.40. The first-order valence-electron chi connectivity index (χ1n) is 4.95. The summed E-state index contributed by atoms with van der Waals surface area (Å²) in [6, 6.07) is 3.78. The number of furan rings is 1. The Morgan fingerprint density at radius 3 is 2.79 bits per heavy atom. The van der Waals surface area contributed by atoms with Crippen LogP contribution in [0, 0.1) is 5.41 Å². The fourth-order valence-electron chi connectivity index (χ4n) is 1.94. The minimum atomic E-state index is 0.110. The number of ether oxygens (including phenoxy) is 1. The molecule has 0 radical (unpaired) electrons. The molecule has 1 fully saturated rings. The fourth-order valence-corrected chi connectivity index (χ4v) is 1.94. The Balaban J connectivity index is 2.00. The highest BCUT2D eigenvalue weighted by Gasteiger charge is 2.36. The van der Waals surface area contributed by atoms with E-state index in [1.165, 1.54) is 0 Å². The molecule has 1 aromatic heterocycles. The first-order valence-corrected chi connectivity index (χ1v) is 4.95. The summed E-state index contributed by atoms with van der Waals surface area (Å²) in [6.45, 7) is 3.92. The molecule has 2 heterocycles. The highest BCUT2D eigenvalue weighted by molar-refractivity contribution is 5.07. The largest absolute Gasteiger partial charge is 0.469 e. The molecule has 0 aromatic carbocycles. The minimum absolute atomic E-state index is 0.110. The molecule has 0 bridgehead atoms. The van der Waals surface area contributed by atoms with Crippen molar-refractivity contribution in [3.63, 3.8) is 0 Å². The van der Waals surface area contributed by atoms with Crippen molar-refractivity contribution < 1.29 is 14.3 Å². The van der Waals surface area contributed by atoms with Gasteiger partial charge in [0.15, 0.2) is 0 Å². The summed E-state index contributed by atoms with van der Waals surface area (Å²) in [7, 11) is 0. The lowest BCUT2D eigenvalue weighted by Crippen LogP contribution is -2.41. The van der Waals surface area contributed by atoms with Crippen LogP contribution in [0.2, 0.25) is 0 Å². The third-order valence-corrected chi connectivity index (χ3v) is 2.81. The molecular formula is C11H16O3. The van der Waals surface area contributed by atoms with Crippen molar-refractivity contribution in [2.45, 2.75) is 19.3 Å². The van der Waals surface area contributed by atoms with Gasteiger partial charge in [0, 0.05) is 11.3 Å². The number of hydrogen-bond donors (Lipinski definition) is 1. The molecule has 78 valence electrons. The lowest BCUT2D eigenvalue weighted by atomic mass is 9.79. The second-order valence-electron chi connectivity index (χ2n) is 4.40.